The number of aromatic nitrogens is 1. The van der Waals surface area contributed by atoms with E-state index in [1.807, 2.05) is 0 Å². The number of nitrogens with zero attached hydrogens (tertiary/aromatic N) is 1. The lowest BCUT2D eigenvalue weighted by atomic mass is 10.2. The van der Waals surface area contributed by atoms with Crippen LogP contribution in [0.1, 0.15) is 19.3 Å². The third-order valence-electron chi connectivity index (χ3n) is 2.26. The van der Waals surface area contributed by atoms with Gasteiger partial charge in [-0.1, -0.05) is 0 Å². The molecule has 100 valence electrons. The number of anilines is 1. The van der Waals surface area contributed by atoms with Crippen molar-refractivity contribution in [3.8, 4) is 0 Å². The second-order valence-electron chi connectivity index (χ2n) is 3.95. The van der Waals surface area contributed by atoms with E-state index in [9.17, 15) is 13.2 Å². The van der Waals surface area contributed by atoms with Crippen molar-refractivity contribution < 1.29 is 13.2 Å². The van der Waals surface area contributed by atoms with Crippen molar-refractivity contribution in [1.29, 1.82) is 0 Å². The third kappa shape index (κ3) is 4.80. The van der Waals surface area contributed by atoms with Crippen LogP contribution in [0.4, 0.5) is 5.69 Å². The maximum absolute atomic E-state index is 11.5. The van der Waals surface area contributed by atoms with Crippen LogP contribution in [-0.2, 0) is 14.6 Å². The molecule has 0 aliphatic heterocycles. The van der Waals surface area contributed by atoms with E-state index in [1.165, 1.54) is 18.3 Å². The van der Waals surface area contributed by atoms with Gasteiger partial charge in [0.05, 0.1) is 11.9 Å². The standard InChI is InChI=1S/C11H17N3O3S/c1-18(16,17)11-6-5-9(8-13-11)14-10(15)4-2-3-7-12/h5-6,8H,2-4,7,12H2,1H3,(H,14,15). The van der Waals surface area contributed by atoms with Gasteiger partial charge >= 0.3 is 0 Å². The number of hydrogen-bond donors (Lipinski definition) is 2. The Morgan fingerprint density at radius 3 is 2.61 bits per heavy atom. The summed E-state index contributed by atoms with van der Waals surface area (Å²) in [7, 11) is -3.30. The van der Waals surface area contributed by atoms with Gasteiger partial charge in [-0.25, -0.2) is 13.4 Å². The quantitative estimate of drug-likeness (QED) is 0.736. The summed E-state index contributed by atoms with van der Waals surface area (Å²) in [4.78, 5) is 15.2. The van der Waals surface area contributed by atoms with E-state index >= 15 is 0 Å². The van der Waals surface area contributed by atoms with Gasteiger partial charge in [-0.05, 0) is 31.5 Å². The van der Waals surface area contributed by atoms with E-state index in [0.717, 1.165) is 19.1 Å². The van der Waals surface area contributed by atoms with Gasteiger partial charge in [0.25, 0.3) is 0 Å². The predicted octanol–water partition coefficient (Wildman–Crippen LogP) is 0.553. The number of carbonyl (C=O) groups excluding carboxylic acids is 1. The number of nitrogens with two attached hydrogens (primary N) is 1. The first kappa shape index (κ1) is 14.6. The van der Waals surface area contributed by atoms with Crippen LogP contribution in [0.25, 0.3) is 0 Å². The predicted molar refractivity (Wildman–Crippen MR) is 68.9 cm³/mol. The molecule has 3 N–H and O–H groups in total. The van der Waals surface area contributed by atoms with Gasteiger partial charge in [0, 0.05) is 12.7 Å². The van der Waals surface area contributed by atoms with E-state index in [2.05, 4.69) is 10.3 Å². The van der Waals surface area contributed by atoms with Crippen LogP contribution in [0, 0.1) is 0 Å². The molecular formula is C11H17N3O3S. The fourth-order valence-corrected chi connectivity index (χ4v) is 1.89. The summed E-state index contributed by atoms with van der Waals surface area (Å²) >= 11 is 0. The smallest absolute Gasteiger partial charge is 0.224 e. The van der Waals surface area contributed by atoms with Crippen molar-refractivity contribution in [2.24, 2.45) is 5.73 Å². The Kier molecular flexibility index (Phi) is 5.24. The normalized spacial score (nSPS) is 11.2. The number of pyridine rings is 1. The molecule has 0 saturated carbocycles. The summed E-state index contributed by atoms with van der Waals surface area (Å²) in [6.07, 6.45) is 4.35. The fraction of sp³-hybridized carbons (Fsp3) is 0.455. The summed E-state index contributed by atoms with van der Waals surface area (Å²) < 4.78 is 22.4. The summed E-state index contributed by atoms with van der Waals surface area (Å²) in [5, 5.41) is 2.63. The number of rotatable bonds is 6. The van der Waals surface area contributed by atoms with Crippen molar-refractivity contribution in [3.63, 3.8) is 0 Å². The maximum Gasteiger partial charge on any atom is 0.224 e. The first-order valence-corrected chi connectivity index (χ1v) is 7.48. The van der Waals surface area contributed by atoms with Gasteiger partial charge in [0.15, 0.2) is 14.9 Å². The lowest BCUT2D eigenvalue weighted by Gasteiger charge is -2.05. The number of hydrogen-bond acceptors (Lipinski definition) is 5. The zero-order chi connectivity index (χ0) is 13.6. The number of amides is 1. The molecule has 1 aromatic heterocycles. The molecule has 0 radical (unpaired) electrons. The Hall–Kier alpha value is -1.47. The molecule has 1 amide bonds. The van der Waals surface area contributed by atoms with Crippen LogP contribution in [0.5, 0.6) is 0 Å². The Morgan fingerprint density at radius 2 is 2.11 bits per heavy atom. The van der Waals surface area contributed by atoms with Crippen LogP contribution in [0.3, 0.4) is 0 Å². The molecule has 0 spiro atoms. The first-order chi connectivity index (χ1) is 8.43. The minimum absolute atomic E-state index is 0.0105. The zero-order valence-electron chi connectivity index (χ0n) is 10.2. The van der Waals surface area contributed by atoms with E-state index in [-0.39, 0.29) is 10.9 Å². The van der Waals surface area contributed by atoms with Crippen molar-refractivity contribution in [2.75, 3.05) is 18.1 Å². The largest absolute Gasteiger partial charge is 0.330 e. The Morgan fingerprint density at radius 1 is 1.39 bits per heavy atom. The van der Waals surface area contributed by atoms with Gasteiger partial charge in [-0.15, -0.1) is 0 Å². The summed E-state index contributed by atoms with van der Waals surface area (Å²) in [6.45, 7) is 0.567. The zero-order valence-corrected chi connectivity index (χ0v) is 11.0. The summed E-state index contributed by atoms with van der Waals surface area (Å²) in [5.41, 5.74) is 5.81. The summed E-state index contributed by atoms with van der Waals surface area (Å²) in [6, 6.07) is 2.88. The molecule has 18 heavy (non-hydrogen) atoms. The Balaban J connectivity index is 2.56. The van der Waals surface area contributed by atoms with Crippen LogP contribution >= 0.6 is 0 Å². The van der Waals surface area contributed by atoms with Gasteiger partial charge in [-0.2, -0.15) is 0 Å². The van der Waals surface area contributed by atoms with Gasteiger partial charge in [-0.3, -0.25) is 4.79 Å². The molecule has 0 aliphatic carbocycles. The van der Waals surface area contributed by atoms with Crippen molar-refractivity contribution in [2.45, 2.75) is 24.3 Å². The Bertz CT molecular complexity index is 497. The maximum atomic E-state index is 11.5. The lowest BCUT2D eigenvalue weighted by Crippen LogP contribution is -2.12. The van der Waals surface area contributed by atoms with Gasteiger partial charge in [0.2, 0.25) is 5.91 Å². The number of carbonyl (C=O) groups is 1. The molecule has 1 rings (SSSR count). The molecule has 1 aromatic rings. The highest BCUT2D eigenvalue weighted by Crippen LogP contribution is 2.10. The van der Waals surface area contributed by atoms with Crippen LogP contribution in [0.2, 0.25) is 0 Å². The molecule has 0 fully saturated rings. The molecule has 0 aliphatic rings. The Labute approximate surface area is 107 Å². The van der Waals surface area contributed by atoms with E-state index in [0.29, 0.717) is 18.7 Å². The monoisotopic (exact) mass is 271 g/mol. The molecule has 0 unspecified atom stereocenters. The number of nitrogens with one attached hydrogen (secondary N) is 1. The third-order valence-corrected chi connectivity index (χ3v) is 3.26. The lowest BCUT2D eigenvalue weighted by molar-refractivity contribution is -0.116. The second-order valence-corrected chi connectivity index (χ2v) is 5.91. The molecule has 1 heterocycles. The van der Waals surface area contributed by atoms with E-state index in [4.69, 9.17) is 5.73 Å². The molecular weight excluding hydrogens is 254 g/mol. The molecule has 0 saturated heterocycles. The van der Waals surface area contributed by atoms with Crippen LogP contribution in [-0.4, -0.2) is 32.1 Å². The topological polar surface area (TPSA) is 102 Å². The highest BCUT2D eigenvalue weighted by Gasteiger charge is 2.08. The molecule has 0 aromatic carbocycles. The highest BCUT2D eigenvalue weighted by molar-refractivity contribution is 7.90. The minimum atomic E-state index is -3.30. The van der Waals surface area contributed by atoms with E-state index in [1.54, 1.807) is 0 Å². The molecule has 6 nitrogen and oxygen atoms in total. The molecule has 0 atom stereocenters. The molecule has 0 bridgehead atoms. The van der Waals surface area contributed by atoms with Crippen LogP contribution < -0.4 is 11.1 Å². The first-order valence-electron chi connectivity index (χ1n) is 5.59. The SMILES string of the molecule is CS(=O)(=O)c1ccc(NC(=O)CCCCN)cn1. The summed E-state index contributed by atoms with van der Waals surface area (Å²) in [5.74, 6) is -0.127. The van der Waals surface area contributed by atoms with Gasteiger partial charge in [0.1, 0.15) is 0 Å². The van der Waals surface area contributed by atoms with Crippen LogP contribution in [0.15, 0.2) is 23.4 Å². The number of unbranched alkanes of at least 4 members (excludes halogenated alkanes) is 1. The van der Waals surface area contributed by atoms with Gasteiger partial charge < -0.3 is 11.1 Å². The number of sulfone groups is 1. The average Bonchev–Trinajstić information content (AvgIpc) is 2.29. The van der Waals surface area contributed by atoms with E-state index < -0.39 is 9.84 Å². The fourth-order valence-electron chi connectivity index (χ4n) is 1.33. The molecule has 7 heteroatoms. The van der Waals surface area contributed by atoms with Crippen molar-refractivity contribution in [1.82, 2.24) is 4.98 Å². The van der Waals surface area contributed by atoms with Crippen molar-refractivity contribution in [3.05, 3.63) is 18.3 Å². The highest BCUT2D eigenvalue weighted by atomic mass is 32.2. The average molecular weight is 271 g/mol. The second kappa shape index (κ2) is 6.46. The minimum Gasteiger partial charge on any atom is -0.330 e. The van der Waals surface area contributed by atoms with Crippen molar-refractivity contribution >= 4 is 21.4 Å².